The average Bonchev–Trinajstić information content (AvgIpc) is 2.29. The smallest absolute Gasteiger partial charge is 0.342 e. The summed E-state index contributed by atoms with van der Waals surface area (Å²) in [6, 6.07) is 8.24. The number of aliphatic hydroxyl groups excluding tert-OH is 1. The van der Waals surface area contributed by atoms with Crippen LogP contribution in [0, 0.1) is 0 Å². The molecule has 0 aliphatic rings. The van der Waals surface area contributed by atoms with Gasteiger partial charge < -0.3 is 15.6 Å². The van der Waals surface area contributed by atoms with Crippen LogP contribution >= 0.6 is 0 Å². The number of carbonyl (C=O) groups excluding carboxylic acids is 2. The largest absolute Gasteiger partial charge is 0.390 e. The van der Waals surface area contributed by atoms with Crippen LogP contribution in [0.15, 0.2) is 30.3 Å². The normalized spacial score (nSPS) is 13.8. The molecule has 2 atom stereocenters. The van der Waals surface area contributed by atoms with Gasteiger partial charge in [-0.25, -0.2) is 9.59 Å². The van der Waals surface area contributed by atoms with Crippen molar-refractivity contribution >= 4 is 11.9 Å². The zero-order valence-electron chi connectivity index (χ0n) is 9.50. The van der Waals surface area contributed by atoms with Crippen molar-refractivity contribution in [3.8, 4) is 0 Å². The summed E-state index contributed by atoms with van der Waals surface area (Å²) >= 11 is 0. The van der Waals surface area contributed by atoms with E-state index in [4.69, 9.17) is 10.8 Å². The van der Waals surface area contributed by atoms with E-state index in [1.54, 1.807) is 0 Å². The molecule has 0 heterocycles. The van der Waals surface area contributed by atoms with Crippen molar-refractivity contribution < 1.29 is 19.4 Å². The third-order valence-corrected chi connectivity index (χ3v) is 2.14. The van der Waals surface area contributed by atoms with Gasteiger partial charge in [-0.15, -0.1) is 0 Å². The van der Waals surface area contributed by atoms with Crippen molar-refractivity contribution in [1.29, 1.82) is 0 Å². The molecule has 5 nitrogen and oxygen atoms in total. The zero-order chi connectivity index (χ0) is 12.8. The van der Waals surface area contributed by atoms with Crippen LogP contribution in [0.2, 0.25) is 0 Å². The Bertz CT molecular complexity index is 389. The van der Waals surface area contributed by atoms with E-state index in [1.807, 2.05) is 30.3 Å². The van der Waals surface area contributed by atoms with Crippen LogP contribution in [0.4, 0.5) is 0 Å². The van der Waals surface area contributed by atoms with E-state index < -0.39 is 24.1 Å². The summed E-state index contributed by atoms with van der Waals surface area (Å²) in [4.78, 5) is 22.3. The lowest BCUT2D eigenvalue weighted by atomic mass is 10.1. The molecule has 3 N–H and O–H groups in total. The number of aliphatic hydroxyl groups is 1. The van der Waals surface area contributed by atoms with Gasteiger partial charge in [0.15, 0.2) is 0 Å². The monoisotopic (exact) mass is 237 g/mol. The van der Waals surface area contributed by atoms with Crippen LogP contribution in [0.25, 0.3) is 0 Å². The van der Waals surface area contributed by atoms with Gasteiger partial charge in [0.1, 0.15) is 12.1 Å². The highest BCUT2D eigenvalue weighted by Gasteiger charge is 2.21. The van der Waals surface area contributed by atoms with Gasteiger partial charge in [-0.3, -0.25) is 0 Å². The van der Waals surface area contributed by atoms with Gasteiger partial charge in [0, 0.05) is 0 Å². The molecule has 0 aromatic heterocycles. The molecule has 1 aromatic rings. The van der Waals surface area contributed by atoms with Gasteiger partial charge >= 0.3 is 11.9 Å². The van der Waals surface area contributed by atoms with E-state index in [2.05, 4.69) is 4.74 Å². The Kier molecular flexibility index (Phi) is 4.81. The number of ether oxygens (including phenoxy) is 1. The SMILES string of the molecule is CC(O)C(=O)OC(=O)[C@@H](N)Cc1ccccc1. The predicted octanol–water partition coefficient (Wildman–Crippen LogP) is 0.00700. The lowest BCUT2D eigenvalue weighted by Gasteiger charge is -2.11. The lowest BCUT2D eigenvalue weighted by molar-refractivity contribution is -0.166. The minimum atomic E-state index is -1.33. The van der Waals surface area contributed by atoms with Crippen molar-refractivity contribution in [2.45, 2.75) is 25.5 Å². The Morgan fingerprint density at radius 3 is 2.41 bits per heavy atom. The first-order valence-corrected chi connectivity index (χ1v) is 5.24. The molecule has 0 fully saturated rings. The molecule has 1 unspecified atom stereocenters. The third-order valence-electron chi connectivity index (χ3n) is 2.14. The van der Waals surface area contributed by atoms with Crippen molar-refractivity contribution in [3.05, 3.63) is 35.9 Å². The number of esters is 2. The van der Waals surface area contributed by atoms with Crippen LogP contribution in [0.3, 0.4) is 0 Å². The Labute approximate surface area is 99.2 Å². The predicted molar refractivity (Wildman–Crippen MR) is 60.9 cm³/mol. The molecule has 0 aliphatic heterocycles. The molecule has 0 radical (unpaired) electrons. The average molecular weight is 237 g/mol. The second-order valence-electron chi connectivity index (χ2n) is 3.71. The standard InChI is InChI=1S/C12H15NO4/c1-8(14)11(15)17-12(16)10(13)7-9-5-3-2-4-6-9/h2-6,8,10,14H,7,13H2,1H3/t8?,10-/m0/s1. The van der Waals surface area contributed by atoms with Gasteiger partial charge in [0.2, 0.25) is 0 Å². The Balaban J connectivity index is 2.51. The maximum atomic E-state index is 11.4. The number of hydrogen-bond acceptors (Lipinski definition) is 5. The lowest BCUT2D eigenvalue weighted by Crippen LogP contribution is -2.37. The molecule has 0 saturated carbocycles. The second kappa shape index (κ2) is 6.12. The summed E-state index contributed by atoms with van der Waals surface area (Å²) in [5.74, 6) is -1.82. The summed E-state index contributed by atoms with van der Waals surface area (Å²) in [5, 5.41) is 8.87. The summed E-state index contributed by atoms with van der Waals surface area (Å²) < 4.78 is 4.39. The fraction of sp³-hybridized carbons (Fsp3) is 0.333. The van der Waals surface area contributed by atoms with Crippen LogP contribution in [0.5, 0.6) is 0 Å². The first-order chi connectivity index (χ1) is 8.00. The number of hydrogen-bond donors (Lipinski definition) is 2. The van der Waals surface area contributed by atoms with Crippen molar-refractivity contribution in [1.82, 2.24) is 0 Å². The zero-order valence-corrected chi connectivity index (χ0v) is 9.50. The molecule has 0 aliphatic carbocycles. The maximum Gasteiger partial charge on any atom is 0.342 e. The van der Waals surface area contributed by atoms with Crippen LogP contribution in [-0.4, -0.2) is 29.2 Å². The van der Waals surface area contributed by atoms with Crippen LogP contribution < -0.4 is 5.73 Å². The first-order valence-electron chi connectivity index (χ1n) is 5.24. The van der Waals surface area contributed by atoms with E-state index in [9.17, 15) is 9.59 Å². The first kappa shape index (κ1) is 13.3. The quantitative estimate of drug-likeness (QED) is 0.568. The highest BCUT2D eigenvalue weighted by Crippen LogP contribution is 2.03. The van der Waals surface area contributed by atoms with E-state index in [0.29, 0.717) is 0 Å². The van der Waals surface area contributed by atoms with E-state index >= 15 is 0 Å². The Hall–Kier alpha value is -1.72. The minimum Gasteiger partial charge on any atom is -0.390 e. The topological polar surface area (TPSA) is 89.6 Å². The Morgan fingerprint density at radius 1 is 1.29 bits per heavy atom. The molecule has 5 heteroatoms. The van der Waals surface area contributed by atoms with Crippen molar-refractivity contribution in [2.24, 2.45) is 5.73 Å². The summed E-state index contributed by atoms with van der Waals surface area (Å²) in [5.41, 5.74) is 6.47. The number of benzene rings is 1. The summed E-state index contributed by atoms with van der Waals surface area (Å²) in [6.45, 7) is 1.22. The number of nitrogens with two attached hydrogens (primary N) is 1. The van der Waals surface area contributed by atoms with Crippen LogP contribution in [-0.2, 0) is 20.7 Å². The summed E-state index contributed by atoms with van der Waals surface area (Å²) in [6.07, 6.45) is -1.05. The molecule has 0 spiro atoms. The summed E-state index contributed by atoms with van der Waals surface area (Å²) in [7, 11) is 0. The van der Waals surface area contributed by atoms with E-state index in [-0.39, 0.29) is 6.42 Å². The fourth-order valence-electron chi connectivity index (χ4n) is 1.21. The number of rotatable bonds is 4. The molecule has 0 bridgehead atoms. The molecule has 1 rings (SSSR count). The highest BCUT2D eigenvalue weighted by molar-refractivity contribution is 5.90. The Morgan fingerprint density at radius 2 is 1.88 bits per heavy atom. The molecular formula is C12H15NO4. The van der Waals surface area contributed by atoms with Crippen molar-refractivity contribution in [3.63, 3.8) is 0 Å². The fourth-order valence-corrected chi connectivity index (χ4v) is 1.21. The van der Waals surface area contributed by atoms with Gasteiger partial charge in [0.05, 0.1) is 0 Å². The highest BCUT2D eigenvalue weighted by atomic mass is 16.6. The van der Waals surface area contributed by atoms with E-state index in [0.717, 1.165) is 5.56 Å². The number of carbonyl (C=O) groups is 2. The van der Waals surface area contributed by atoms with Crippen LogP contribution in [0.1, 0.15) is 12.5 Å². The molecule has 1 aromatic carbocycles. The maximum absolute atomic E-state index is 11.4. The van der Waals surface area contributed by atoms with Gasteiger partial charge in [-0.05, 0) is 18.9 Å². The second-order valence-corrected chi connectivity index (χ2v) is 3.71. The molecular weight excluding hydrogens is 222 g/mol. The molecule has 92 valence electrons. The van der Waals surface area contributed by atoms with Gasteiger partial charge in [-0.2, -0.15) is 0 Å². The molecule has 17 heavy (non-hydrogen) atoms. The molecule has 0 saturated heterocycles. The van der Waals surface area contributed by atoms with Crippen molar-refractivity contribution in [2.75, 3.05) is 0 Å². The molecule has 0 amide bonds. The van der Waals surface area contributed by atoms with E-state index in [1.165, 1.54) is 6.92 Å². The minimum absolute atomic E-state index is 0.284. The van der Waals surface area contributed by atoms with Gasteiger partial charge in [-0.1, -0.05) is 30.3 Å². The third kappa shape index (κ3) is 4.34. The van der Waals surface area contributed by atoms with Gasteiger partial charge in [0.25, 0.3) is 0 Å².